The highest BCUT2D eigenvalue weighted by Gasteiger charge is 2.18. The SMILES string of the molecule is Cc1cc(CN2CCN(CCCc3nc(-c4ccccc4)no3)CC2)no1. The average Bonchev–Trinajstić information content (AvgIpc) is 3.33. The molecule has 1 saturated heterocycles. The zero-order valence-electron chi connectivity index (χ0n) is 15.7. The molecule has 7 heteroatoms. The first-order valence-corrected chi connectivity index (χ1v) is 9.51. The fourth-order valence-corrected chi connectivity index (χ4v) is 3.41. The van der Waals surface area contributed by atoms with Crippen LogP contribution in [0.15, 0.2) is 45.4 Å². The van der Waals surface area contributed by atoms with E-state index in [1.807, 2.05) is 43.3 Å². The first-order chi connectivity index (χ1) is 13.3. The monoisotopic (exact) mass is 367 g/mol. The van der Waals surface area contributed by atoms with Gasteiger partial charge in [-0.3, -0.25) is 4.90 Å². The molecule has 142 valence electrons. The Bertz CT molecular complexity index is 837. The lowest BCUT2D eigenvalue weighted by atomic mass is 10.2. The number of piperazine rings is 1. The quantitative estimate of drug-likeness (QED) is 0.636. The fraction of sp³-hybridized carbons (Fsp3) is 0.450. The van der Waals surface area contributed by atoms with Gasteiger partial charge in [-0.25, -0.2) is 0 Å². The lowest BCUT2D eigenvalue weighted by molar-refractivity contribution is 0.123. The van der Waals surface area contributed by atoms with Crippen molar-refractivity contribution in [3.05, 3.63) is 53.7 Å². The van der Waals surface area contributed by atoms with Crippen LogP contribution in [-0.2, 0) is 13.0 Å². The molecule has 0 amide bonds. The van der Waals surface area contributed by atoms with Crippen molar-refractivity contribution in [1.29, 1.82) is 0 Å². The Morgan fingerprint density at radius 3 is 2.48 bits per heavy atom. The number of nitrogens with zero attached hydrogens (tertiary/aromatic N) is 5. The molecular weight excluding hydrogens is 342 g/mol. The van der Waals surface area contributed by atoms with Gasteiger partial charge in [0.25, 0.3) is 0 Å². The van der Waals surface area contributed by atoms with E-state index in [9.17, 15) is 0 Å². The van der Waals surface area contributed by atoms with Gasteiger partial charge >= 0.3 is 0 Å². The Hall–Kier alpha value is -2.51. The van der Waals surface area contributed by atoms with Crippen molar-refractivity contribution in [3.63, 3.8) is 0 Å². The number of aromatic nitrogens is 3. The molecule has 1 aliphatic rings. The van der Waals surface area contributed by atoms with E-state index in [0.717, 1.165) is 69.1 Å². The predicted molar refractivity (Wildman–Crippen MR) is 101 cm³/mol. The molecule has 7 nitrogen and oxygen atoms in total. The number of hydrogen-bond acceptors (Lipinski definition) is 7. The summed E-state index contributed by atoms with van der Waals surface area (Å²) in [6, 6.07) is 11.9. The first-order valence-electron chi connectivity index (χ1n) is 9.51. The molecule has 3 aromatic rings. The highest BCUT2D eigenvalue weighted by Crippen LogP contribution is 2.16. The van der Waals surface area contributed by atoms with Crippen LogP contribution in [0, 0.1) is 6.92 Å². The van der Waals surface area contributed by atoms with E-state index in [0.29, 0.717) is 11.7 Å². The molecular formula is C20H25N5O2. The lowest BCUT2D eigenvalue weighted by Crippen LogP contribution is -2.46. The second-order valence-electron chi connectivity index (χ2n) is 7.03. The summed E-state index contributed by atoms with van der Waals surface area (Å²) in [4.78, 5) is 9.43. The Balaban J connectivity index is 1.18. The summed E-state index contributed by atoms with van der Waals surface area (Å²) in [7, 11) is 0. The van der Waals surface area contributed by atoms with Crippen LogP contribution in [0.5, 0.6) is 0 Å². The molecule has 0 spiro atoms. The Kier molecular flexibility index (Phi) is 5.60. The molecule has 0 atom stereocenters. The minimum absolute atomic E-state index is 0.669. The minimum Gasteiger partial charge on any atom is -0.361 e. The van der Waals surface area contributed by atoms with Crippen LogP contribution in [0.3, 0.4) is 0 Å². The van der Waals surface area contributed by atoms with Crippen molar-refractivity contribution >= 4 is 0 Å². The van der Waals surface area contributed by atoms with Crippen molar-refractivity contribution < 1.29 is 9.05 Å². The third kappa shape index (κ3) is 4.81. The normalized spacial score (nSPS) is 16.0. The summed E-state index contributed by atoms with van der Waals surface area (Å²) in [5.41, 5.74) is 2.01. The van der Waals surface area contributed by atoms with Crippen LogP contribution < -0.4 is 0 Å². The molecule has 1 aromatic carbocycles. The lowest BCUT2D eigenvalue weighted by Gasteiger charge is -2.34. The van der Waals surface area contributed by atoms with Crippen LogP contribution in [-0.4, -0.2) is 57.8 Å². The molecule has 1 aliphatic heterocycles. The van der Waals surface area contributed by atoms with Gasteiger partial charge in [0.05, 0.1) is 5.69 Å². The zero-order valence-corrected chi connectivity index (χ0v) is 15.7. The van der Waals surface area contributed by atoms with E-state index in [1.165, 1.54) is 0 Å². The summed E-state index contributed by atoms with van der Waals surface area (Å²) in [5, 5.41) is 8.17. The molecule has 0 bridgehead atoms. The average molecular weight is 367 g/mol. The third-order valence-electron chi connectivity index (χ3n) is 4.89. The smallest absolute Gasteiger partial charge is 0.227 e. The number of benzene rings is 1. The Labute approximate surface area is 158 Å². The molecule has 27 heavy (non-hydrogen) atoms. The van der Waals surface area contributed by atoms with Gasteiger partial charge in [-0.1, -0.05) is 40.6 Å². The molecule has 0 N–H and O–H groups in total. The summed E-state index contributed by atoms with van der Waals surface area (Å²) >= 11 is 0. The summed E-state index contributed by atoms with van der Waals surface area (Å²) in [6.07, 6.45) is 1.84. The van der Waals surface area contributed by atoms with E-state index in [-0.39, 0.29) is 0 Å². The van der Waals surface area contributed by atoms with E-state index in [2.05, 4.69) is 25.1 Å². The number of hydrogen-bond donors (Lipinski definition) is 0. The molecule has 0 aliphatic carbocycles. The number of aryl methyl sites for hydroxylation is 2. The standard InChI is InChI=1S/C20H25N5O2/c1-16-14-18(22-26-16)15-25-12-10-24(11-13-25)9-5-8-19-21-20(23-27-19)17-6-3-2-4-7-17/h2-4,6-7,14H,5,8-13,15H2,1H3. The van der Waals surface area contributed by atoms with Crippen molar-refractivity contribution in [2.75, 3.05) is 32.7 Å². The maximum atomic E-state index is 5.39. The predicted octanol–water partition coefficient (Wildman–Crippen LogP) is 2.78. The molecule has 0 radical (unpaired) electrons. The van der Waals surface area contributed by atoms with Gasteiger partial charge in [-0.2, -0.15) is 4.98 Å². The van der Waals surface area contributed by atoms with Gasteiger partial charge in [0.15, 0.2) is 0 Å². The van der Waals surface area contributed by atoms with Gasteiger partial charge in [0, 0.05) is 50.8 Å². The van der Waals surface area contributed by atoms with E-state index in [4.69, 9.17) is 9.05 Å². The fourth-order valence-electron chi connectivity index (χ4n) is 3.41. The van der Waals surface area contributed by atoms with Crippen molar-refractivity contribution in [3.8, 4) is 11.4 Å². The van der Waals surface area contributed by atoms with Gasteiger partial charge in [0.1, 0.15) is 5.76 Å². The Morgan fingerprint density at radius 1 is 0.963 bits per heavy atom. The second-order valence-corrected chi connectivity index (χ2v) is 7.03. The van der Waals surface area contributed by atoms with Gasteiger partial charge in [-0.05, 0) is 19.9 Å². The molecule has 0 saturated carbocycles. The molecule has 3 heterocycles. The van der Waals surface area contributed by atoms with Crippen LogP contribution in [0.25, 0.3) is 11.4 Å². The van der Waals surface area contributed by atoms with E-state index in [1.54, 1.807) is 0 Å². The molecule has 1 fully saturated rings. The summed E-state index contributed by atoms with van der Waals surface area (Å²) < 4.78 is 10.5. The van der Waals surface area contributed by atoms with Crippen LogP contribution >= 0.6 is 0 Å². The van der Waals surface area contributed by atoms with Gasteiger partial charge in [0.2, 0.25) is 11.7 Å². The minimum atomic E-state index is 0.669. The van der Waals surface area contributed by atoms with Crippen molar-refractivity contribution in [2.24, 2.45) is 0 Å². The van der Waals surface area contributed by atoms with E-state index < -0.39 is 0 Å². The highest BCUT2D eigenvalue weighted by molar-refractivity contribution is 5.53. The Morgan fingerprint density at radius 2 is 1.74 bits per heavy atom. The van der Waals surface area contributed by atoms with Crippen molar-refractivity contribution in [1.82, 2.24) is 25.1 Å². The third-order valence-corrected chi connectivity index (χ3v) is 4.89. The number of rotatable bonds is 7. The van der Waals surface area contributed by atoms with Gasteiger partial charge in [-0.15, -0.1) is 0 Å². The van der Waals surface area contributed by atoms with Crippen LogP contribution in [0.4, 0.5) is 0 Å². The van der Waals surface area contributed by atoms with Crippen LogP contribution in [0.2, 0.25) is 0 Å². The largest absolute Gasteiger partial charge is 0.361 e. The zero-order chi connectivity index (χ0) is 18.5. The summed E-state index contributed by atoms with van der Waals surface area (Å²) in [5.74, 6) is 2.26. The molecule has 4 rings (SSSR count). The summed E-state index contributed by atoms with van der Waals surface area (Å²) in [6.45, 7) is 8.14. The maximum Gasteiger partial charge on any atom is 0.227 e. The molecule has 2 aromatic heterocycles. The molecule has 0 unspecified atom stereocenters. The topological polar surface area (TPSA) is 71.4 Å². The highest BCUT2D eigenvalue weighted by atomic mass is 16.5. The maximum absolute atomic E-state index is 5.39. The van der Waals surface area contributed by atoms with Gasteiger partial charge < -0.3 is 13.9 Å². The first kappa shape index (κ1) is 17.9. The van der Waals surface area contributed by atoms with Crippen LogP contribution in [0.1, 0.15) is 23.8 Å². The van der Waals surface area contributed by atoms with Crippen molar-refractivity contribution in [2.45, 2.75) is 26.3 Å². The second kappa shape index (κ2) is 8.45. The van der Waals surface area contributed by atoms with E-state index >= 15 is 0 Å².